The number of amides is 1. The largest absolute Gasteiger partial charge is 0.494 e. The fraction of sp³-hybridized carbons (Fsp3) is 0.421. The number of nitriles is 1. The average molecular weight is 375 g/mol. The minimum Gasteiger partial charge on any atom is -0.494 e. The number of aromatic nitrogens is 2. The van der Waals surface area contributed by atoms with Gasteiger partial charge in [-0.15, -0.1) is 0 Å². The monoisotopic (exact) mass is 374 g/mol. The van der Waals surface area contributed by atoms with Gasteiger partial charge >= 0.3 is 0 Å². The number of imidazole rings is 1. The summed E-state index contributed by atoms with van der Waals surface area (Å²) in [5, 5.41) is 12.7. The minimum atomic E-state index is -0.672. The lowest BCUT2D eigenvalue weighted by atomic mass is 10.0. The molecule has 1 aromatic carbocycles. The summed E-state index contributed by atoms with van der Waals surface area (Å²) in [7, 11) is 0. The number of nitrogens with zero attached hydrogens (tertiary/aromatic N) is 2. The number of H-pyrrole nitrogens is 1. The van der Waals surface area contributed by atoms with Crippen molar-refractivity contribution in [3.8, 4) is 11.8 Å². The van der Waals surface area contributed by atoms with Crippen LogP contribution in [0.15, 0.2) is 24.7 Å². The van der Waals surface area contributed by atoms with Gasteiger partial charge < -0.3 is 15.0 Å². The maximum Gasteiger partial charge on any atom is 0.237 e. The van der Waals surface area contributed by atoms with Crippen molar-refractivity contribution in [2.75, 3.05) is 13.2 Å². The zero-order valence-corrected chi connectivity index (χ0v) is 15.8. The second-order valence-corrected chi connectivity index (χ2v) is 6.54. The normalized spacial score (nSPS) is 11.6. The zero-order valence-electron chi connectivity index (χ0n) is 15.0. The smallest absolute Gasteiger partial charge is 0.237 e. The number of halogens is 1. The van der Waals surface area contributed by atoms with Crippen LogP contribution in [0.25, 0.3) is 0 Å². The molecule has 0 radical (unpaired) electrons. The van der Waals surface area contributed by atoms with E-state index in [1.807, 2.05) is 26.0 Å². The van der Waals surface area contributed by atoms with Gasteiger partial charge in [0.15, 0.2) is 0 Å². The third kappa shape index (κ3) is 5.78. The van der Waals surface area contributed by atoms with Crippen LogP contribution in [0.4, 0.5) is 0 Å². The number of hydrogen-bond donors (Lipinski definition) is 2. The molecular formula is C19H23ClN4O2. The number of benzene rings is 1. The summed E-state index contributed by atoms with van der Waals surface area (Å²) in [6.07, 6.45) is 5.04. The lowest BCUT2D eigenvalue weighted by Crippen LogP contribution is -2.31. The van der Waals surface area contributed by atoms with Crippen LogP contribution in [0, 0.1) is 31.1 Å². The first-order chi connectivity index (χ1) is 12.5. The first kappa shape index (κ1) is 19.8. The molecule has 138 valence electrons. The summed E-state index contributed by atoms with van der Waals surface area (Å²) >= 11 is 6.14. The molecule has 1 heterocycles. The maximum atomic E-state index is 12.1. The molecule has 2 N–H and O–H groups in total. The number of nitrogens with one attached hydrogen (secondary N) is 2. The molecular weight excluding hydrogens is 352 g/mol. The molecule has 0 aliphatic carbocycles. The van der Waals surface area contributed by atoms with E-state index in [0.29, 0.717) is 32.4 Å². The predicted molar refractivity (Wildman–Crippen MR) is 100 cm³/mol. The van der Waals surface area contributed by atoms with Gasteiger partial charge in [-0.25, -0.2) is 4.98 Å². The molecule has 6 nitrogen and oxygen atoms in total. The van der Waals surface area contributed by atoms with Crippen LogP contribution >= 0.6 is 11.6 Å². The standard InChI is InChI=1S/C19H23ClN4O2/c1-13-8-17(9-14(2)18(13)20)26-7-3-4-15(10-21)19(25)23-6-5-16-11-22-12-24-16/h8-9,11-12,15H,3-7H2,1-2H3,(H,22,24)(H,23,25). The van der Waals surface area contributed by atoms with E-state index in [9.17, 15) is 10.1 Å². The van der Waals surface area contributed by atoms with Crippen molar-refractivity contribution in [1.29, 1.82) is 5.26 Å². The van der Waals surface area contributed by atoms with E-state index in [0.717, 1.165) is 27.6 Å². The van der Waals surface area contributed by atoms with Crippen LogP contribution in [0.5, 0.6) is 5.75 Å². The van der Waals surface area contributed by atoms with Gasteiger partial charge in [0, 0.05) is 29.9 Å². The molecule has 0 bridgehead atoms. The van der Waals surface area contributed by atoms with Crippen molar-refractivity contribution in [1.82, 2.24) is 15.3 Å². The van der Waals surface area contributed by atoms with E-state index >= 15 is 0 Å². The Morgan fingerprint density at radius 2 is 2.15 bits per heavy atom. The summed E-state index contributed by atoms with van der Waals surface area (Å²) in [6, 6.07) is 5.84. The van der Waals surface area contributed by atoms with Gasteiger partial charge in [-0.05, 0) is 49.9 Å². The highest BCUT2D eigenvalue weighted by Gasteiger charge is 2.17. The highest BCUT2D eigenvalue weighted by molar-refractivity contribution is 6.32. The Labute approximate surface area is 158 Å². The summed E-state index contributed by atoms with van der Waals surface area (Å²) in [4.78, 5) is 19.0. The Balaban J connectivity index is 1.71. The zero-order chi connectivity index (χ0) is 18.9. The van der Waals surface area contributed by atoms with Crippen LogP contribution in [-0.2, 0) is 11.2 Å². The third-order valence-corrected chi connectivity index (χ3v) is 4.63. The Morgan fingerprint density at radius 1 is 1.42 bits per heavy atom. The Morgan fingerprint density at radius 3 is 2.77 bits per heavy atom. The summed E-state index contributed by atoms with van der Waals surface area (Å²) in [5.74, 6) is -0.166. The first-order valence-corrected chi connectivity index (χ1v) is 8.93. The molecule has 26 heavy (non-hydrogen) atoms. The molecule has 2 aromatic rings. The van der Waals surface area contributed by atoms with E-state index in [-0.39, 0.29) is 5.91 Å². The maximum absolute atomic E-state index is 12.1. The number of aryl methyl sites for hydroxylation is 2. The number of hydrogen-bond acceptors (Lipinski definition) is 4. The molecule has 0 spiro atoms. The van der Waals surface area contributed by atoms with Crippen LogP contribution in [0.1, 0.15) is 29.7 Å². The molecule has 1 atom stereocenters. The first-order valence-electron chi connectivity index (χ1n) is 8.55. The van der Waals surface area contributed by atoms with E-state index in [1.54, 1.807) is 12.5 Å². The molecule has 7 heteroatoms. The fourth-order valence-corrected chi connectivity index (χ4v) is 2.70. The van der Waals surface area contributed by atoms with Gasteiger partial charge in [0.2, 0.25) is 5.91 Å². The van der Waals surface area contributed by atoms with Crippen molar-refractivity contribution >= 4 is 17.5 Å². The number of aromatic amines is 1. The van der Waals surface area contributed by atoms with Gasteiger partial charge in [-0.1, -0.05) is 11.6 Å². The van der Waals surface area contributed by atoms with Crippen LogP contribution in [-0.4, -0.2) is 29.0 Å². The summed E-state index contributed by atoms with van der Waals surface area (Å²) < 4.78 is 5.72. The second kappa shape index (κ2) is 9.83. The quantitative estimate of drug-likeness (QED) is 0.658. The molecule has 0 saturated heterocycles. The Hall–Kier alpha value is -2.52. The lowest BCUT2D eigenvalue weighted by molar-refractivity contribution is -0.123. The van der Waals surface area contributed by atoms with Crippen molar-refractivity contribution in [3.05, 3.63) is 46.5 Å². The van der Waals surface area contributed by atoms with Crippen molar-refractivity contribution in [3.63, 3.8) is 0 Å². The second-order valence-electron chi connectivity index (χ2n) is 6.16. The molecule has 2 rings (SSSR count). The number of carbonyl (C=O) groups excluding carboxylic acids is 1. The van der Waals surface area contributed by atoms with Gasteiger partial charge in [0.1, 0.15) is 11.7 Å². The fourth-order valence-electron chi connectivity index (χ4n) is 2.59. The molecule has 1 amide bonds. The van der Waals surface area contributed by atoms with Crippen molar-refractivity contribution in [2.45, 2.75) is 33.1 Å². The highest BCUT2D eigenvalue weighted by atomic mass is 35.5. The van der Waals surface area contributed by atoms with Gasteiger partial charge in [-0.3, -0.25) is 4.79 Å². The summed E-state index contributed by atoms with van der Waals surface area (Å²) in [5.41, 5.74) is 2.88. The topological polar surface area (TPSA) is 90.8 Å². The number of carbonyl (C=O) groups is 1. The van der Waals surface area contributed by atoms with Gasteiger partial charge in [0.25, 0.3) is 0 Å². The predicted octanol–water partition coefficient (Wildman–Crippen LogP) is 3.34. The van der Waals surface area contributed by atoms with Crippen molar-refractivity contribution < 1.29 is 9.53 Å². The third-order valence-electron chi connectivity index (χ3n) is 4.04. The van der Waals surface area contributed by atoms with E-state index in [4.69, 9.17) is 16.3 Å². The van der Waals surface area contributed by atoms with E-state index in [1.165, 1.54) is 0 Å². The molecule has 1 unspecified atom stereocenters. The molecule has 0 saturated carbocycles. The van der Waals surface area contributed by atoms with Crippen molar-refractivity contribution in [2.24, 2.45) is 5.92 Å². The van der Waals surface area contributed by atoms with Crippen LogP contribution in [0.3, 0.4) is 0 Å². The molecule has 0 aliphatic heterocycles. The van der Waals surface area contributed by atoms with E-state index in [2.05, 4.69) is 21.4 Å². The molecule has 1 aromatic heterocycles. The molecule has 0 fully saturated rings. The van der Waals surface area contributed by atoms with Crippen LogP contribution < -0.4 is 10.1 Å². The highest BCUT2D eigenvalue weighted by Crippen LogP contribution is 2.26. The SMILES string of the molecule is Cc1cc(OCCCC(C#N)C(=O)NCCc2cnc[nH]2)cc(C)c1Cl. The van der Waals surface area contributed by atoms with Gasteiger partial charge in [-0.2, -0.15) is 5.26 Å². The number of rotatable bonds is 9. The molecule has 0 aliphatic rings. The lowest BCUT2D eigenvalue weighted by Gasteiger charge is -2.12. The number of ether oxygens (including phenoxy) is 1. The average Bonchev–Trinajstić information content (AvgIpc) is 3.13. The summed E-state index contributed by atoms with van der Waals surface area (Å²) in [6.45, 7) is 4.78. The van der Waals surface area contributed by atoms with Gasteiger partial charge in [0.05, 0.1) is 19.0 Å². The Kier molecular flexibility index (Phi) is 7.49. The Bertz CT molecular complexity index is 745. The minimum absolute atomic E-state index is 0.245. The van der Waals surface area contributed by atoms with E-state index < -0.39 is 5.92 Å². The van der Waals surface area contributed by atoms with Crippen LogP contribution in [0.2, 0.25) is 5.02 Å².